The van der Waals surface area contributed by atoms with Crippen molar-refractivity contribution in [1.29, 1.82) is 0 Å². The minimum Gasteiger partial charge on any atom is -0.496 e. The third-order valence-electron chi connectivity index (χ3n) is 2.73. The smallest absolute Gasteiger partial charge is 0.240 e. The van der Waals surface area contributed by atoms with Crippen LogP contribution < -0.4 is 9.46 Å². The summed E-state index contributed by atoms with van der Waals surface area (Å²) in [5.74, 6) is 0.571. The highest BCUT2D eigenvalue weighted by atomic mass is 79.9. The number of hydrogen-bond acceptors (Lipinski definition) is 4. The highest BCUT2D eigenvalue weighted by Crippen LogP contribution is 2.27. The summed E-state index contributed by atoms with van der Waals surface area (Å²) in [4.78, 5) is 0.163. The molecule has 7 heteroatoms. The van der Waals surface area contributed by atoms with E-state index in [1.165, 1.54) is 19.2 Å². The highest BCUT2D eigenvalue weighted by Gasteiger charge is 2.19. The maximum absolute atomic E-state index is 12.2. The first-order valence-electron chi connectivity index (χ1n) is 5.91. The molecule has 0 bridgehead atoms. The van der Waals surface area contributed by atoms with Gasteiger partial charge in [0.1, 0.15) is 5.75 Å². The second-order valence-electron chi connectivity index (χ2n) is 4.04. The summed E-state index contributed by atoms with van der Waals surface area (Å²) in [6.07, 6.45) is 1.02. The van der Waals surface area contributed by atoms with E-state index in [4.69, 9.17) is 9.84 Å². The zero-order chi connectivity index (χ0) is 14.5. The molecule has 0 amide bonds. The van der Waals surface area contributed by atoms with Gasteiger partial charge >= 0.3 is 0 Å². The topological polar surface area (TPSA) is 75.6 Å². The SMILES string of the molecule is CCC(CCO)NS(=O)(=O)c1ccc(OC)c(Br)c1. The van der Waals surface area contributed by atoms with Crippen molar-refractivity contribution >= 4 is 26.0 Å². The number of aliphatic hydroxyl groups is 1. The van der Waals surface area contributed by atoms with E-state index in [0.29, 0.717) is 23.1 Å². The third-order valence-corrected chi connectivity index (χ3v) is 4.86. The van der Waals surface area contributed by atoms with Crippen molar-refractivity contribution in [2.24, 2.45) is 0 Å². The summed E-state index contributed by atoms with van der Waals surface area (Å²) in [7, 11) is -2.07. The normalized spacial score (nSPS) is 13.3. The van der Waals surface area contributed by atoms with Gasteiger partial charge in [-0.25, -0.2) is 13.1 Å². The van der Waals surface area contributed by atoms with Crippen LogP contribution in [0, 0.1) is 0 Å². The Morgan fingerprint density at radius 3 is 2.63 bits per heavy atom. The number of methoxy groups -OCH3 is 1. The van der Waals surface area contributed by atoms with E-state index in [9.17, 15) is 8.42 Å². The minimum absolute atomic E-state index is 0.0483. The van der Waals surface area contributed by atoms with Crippen LogP contribution in [0.2, 0.25) is 0 Å². The van der Waals surface area contributed by atoms with Gasteiger partial charge < -0.3 is 9.84 Å². The molecule has 1 atom stereocenters. The monoisotopic (exact) mass is 351 g/mol. The summed E-state index contributed by atoms with van der Waals surface area (Å²) in [6.45, 7) is 1.82. The van der Waals surface area contributed by atoms with Crippen LogP contribution in [0.15, 0.2) is 27.6 Å². The average molecular weight is 352 g/mol. The summed E-state index contributed by atoms with van der Waals surface area (Å²) in [6, 6.07) is 4.30. The lowest BCUT2D eigenvalue weighted by Crippen LogP contribution is -2.35. The number of ether oxygens (including phenoxy) is 1. The van der Waals surface area contributed by atoms with Gasteiger partial charge in [-0.05, 0) is 47.0 Å². The molecular weight excluding hydrogens is 334 g/mol. The number of hydrogen-bond donors (Lipinski definition) is 2. The first-order chi connectivity index (χ1) is 8.94. The minimum atomic E-state index is -3.59. The van der Waals surface area contributed by atoms with Gasteiger partial charge in [0.05, 0.1) is 16.5 Å². The number of sulfonamides is 1. The van der Waals surface area contributed by atoms with Crippen molar-refractivity contribution in [3.63, 3.8) is 0 Å². The van der Waals surface area contributed by atoms with Gasteiger partial charge in [0.25, 0.3) is 0 Å². The van der Waals surface area contributed by atoms with Crippen molar-refractivity contribution < 1.29 is 18.3 Å². The summed E-state index contributed by atoms with van der Waals surface area (Å²) in [5, 5.41) is 8.89. The maximum atomic E-state index is 12.2. The van der Waals surface area contributed by atoms with Crippen molar-refractivity contribution in [3.8, 4) is 5.75 Å². The Balaban J connectivity index is 2.96. The third kappa shape index (κ3) is 4.45. The summed E-state index contributed by atoms with van der Waals surface area (Å²) >= 11 is 3.26. The van der Waals surface area contributed by atoms with Crippen LogP contribution in [-0.4, -0.2) is 33.3 Å². The van der Waals surface area contributed by atoms with E-state index in [1.54, 1.807) is 6.07 Å². The second kappa shape index (κ2) is 7.23. The van der Waals surface area contributed by atoms with Gasteiger partial charge in [0, 0.05) is 12.6 Å². The zero-order valence-electron chi connectivity index (χ0n) is 10.9. The molecule has 1 aromatic rings. The predicted octanol–water partition coefficient (Wildman–Crippen LogP) is 1.90. The second-order valence-corrected chi connectivity index (χ2v) is 6.60. The molecule has 0 aromatic heterocycles. The molecule has 0 aliphatic rings. The number of rotatable bonds is 7. The molecule has 0 saturated heterocycles. The van der Waals surface area contributed by atoms with Gasteiger partial charge in [-0.3, -0.25) is 0 Å². The molecular formula is C12H18BrNO4S. The molecule has 0 saturated carbocycles. The number of benzene rings is 1. The van der Waals surface area contributed by atoms with Gasteiger partial charge in [-0.2, -0.15) is 0 Å². The Kier molecular flexibility index (Phi) is 6.25. The van der Waals surface area contributed by atoms with Gasteiger partial charge in [0.15, 0.2) is 0 Å². The number of aliphatic hydroxyl groups excluding tert-OH is 1. The molecule has 5 nitrogen and oxygen atoms in total. The highest BCUT2D eigenvalue weighted by molar-refractivity contribution is 9.10. The van der Waals surface area contributed by atoms with Crippen LogP contribution in [0.25, 0.3) is 0 Å². The molecule has 1 unspecified atom stereocenters. The molecule has 0 spiro atoms. The lowest BCUT2D eigenvalue weighted by atomic mass is 10.2. The fraction of sp³-hybridized carbons (Fsp3) is 0.500. The molecule has 19 heavy (non-hydrogen) atoms. The van der Waals surface area contributed by atoms with Crippen molar-refractivity contribution in [1.82, 2.24) is 4.72 Å². The molecule has 0 fully saturated rings. The van der Waals surface area contributed by atoms with E-state index in [1.807, 2.05) is 6.92 Å². The fourth-order valence-electron chi connectivity index (χ4n) is 1.60. The first kappa shape index (κ1) is 16.4. The van der Waals surface area contributed by atoms with Crippen LogP contribution in [0.3, 0.4) is 0 Å². The molecule has 1 aromatic carbocycles. The Hall–Kier alpha value is -0.630. The fourth-order valence-corrected chi connectivity index (χ4v) is 3.68. The Labute approximate surface area is 122 Å². The number of halogens is 1. The van der Waals surface area contributed by atoms with Crippen LogP contribution in [-0.2, 0) is 10.0 Å². The zero-order valence-corrected chi connectivity index (χ0v) is 13.3. The van der Waals surface area contributed by atoms with E-state index in [-0.39, 0.29) is 17.5 Å². The maximum Gasteiger partial charge on any atom is 0.240 e. The summed E-state index contributed by atoms with van der Waals surface area (Å²) < 4.78 is 32.6. The standard InChI is InChI=1S/C12H18BrNO4S/c1-3-9(6-7-15)14-19(16,17)10-4-5-12(18-2)11(13)8-10/h4-5,8-9,14-15H,3,6-7H2,1-2H3. The molecule has 108 valence electrons. The largest absolute Gasteiger partial charge is 0.496 e. The van der Waals surface area contributed by atoms with Crippen molar-refractivity contribution in [2.75, 3.05) is 13.7 Å². The Bertz CT molecular complexity index is 518. The van der Waals surface area contributed by atoms with Gasteiger partial charge in [-0.1, -0.05) is 6.92 Å². The average Bonchev–Trinajstić information content (AvgIpc) is 2.37. The molecule has 1 rings (SSSR count). The summed E-state index contributed by atoms with van der Waals surface area (Å²) in [5.41, 5.74) is 0. The molecule has 0 aliphatic carbocycles. The van der Waals surface area contributed by atoms with E-state index in [0.717, 1.165) is 0 Å². The quantitative estimate of drug-likeness (QED) is 0.786. The molecule has 0 radical (unpaired) electrons. The first-order valence-corrected chi connectivity index (χ1v) is 8.19. The van der Waals surface area contributed by atoms with Crippen molar-refractivity contribution in [2.45, 2.75) is 30.7 Å². The lowest BCUT2D eigenvalue weighted by molar-refractivity contribution is 0.270. The molecule has 0 aliphatic heterocycles. The van der Waals surface area contributed by atoms with E-state index >= 15 is 0 Å². The molecule has 0 heterocycles. The van der Waals surface area contributed by atoms with Crippen LogP contribution >= 0.6 is 15.9 Å². The van der Waals surface area contributed by atoms with Gasteiger partial charge in [-0.15, -0.1) is 0 Å². The van der Waals surface area contributed by atoms with Crippen molar-refractivity contribution in [3.05, 3.63) is 22.7 Å². The lowest BCUT2D eigenvalue weighted by Gasteiger charge is -2.16. The Morgan fingerprint density at radius 1 is 1.47 bits per heavy atom. The van der Waals surface area contributed by atoms with E-state index < -0.39 is 10.0 Å². The van der Waals surface area contributed by atoms with Crippen LogP contribution in [0.4, 0.5) is 0 Å². The van der Waals surface area contributed by atoms with Gasteiger partial charge in [0.2, 0.25) is 10.0 Å². The Morgan fingerprint density at radius 2 is 2.16 bits per heavy atom. The predicted molar refractivity (Wildman–Crippen MR) is 76.8 cm³/mol. The molecule has 2 N–H and O–H groups in total. The number of nitrogens with one attached hydrogen (secondary N) is 1. The van der Waals surface area contributed by atoms with E-state index in [2.05, 4.69) is 20.7 Å². The van der Waals surface area contributed by atoms with Crippen LogP contribution in [0.5, 0.6) is 5.75 Å². The van der Waals surface area contributed by atoms with Crippen LogP contribution in [0.1, 0.15) is 19.8 Å².